The molecule has 0 saturated carbocycles. The maximum atomic E-state index is 12.1. The van der Waals surface area contributed by atoms with Gasteiger partial charge in [0.25, 0.3) is 0 Å². The summed E-state index contributed by atoms with van der Waals surface area (Å²) in [7, 11) is 0. The van der Waals surface area contributed by atoms with Gasteiger partial charge in [0, 0.05) is 18.2 Å². The number of aromatic nitrogens is 4. The number of hydrogen-bond donors (Lipinski definition) is 3. The van der Waals surface area contributed by atoms with Crippen LogP contribution in [0.1, 0.15) is 81.5 Å². The SMILES string of the molecule is CCC(CO)Nc1nc(NCc2ccccc2C(C)=O)c2c(n1)c(C(C)C)nn2C(C)C. The number of rotatable bonds is 10. The van der Waals surface area contributed by atoms with Crippen LogP contribution in [0, 0.1) is 0 Å². The summed E-state index contributed by atoms with van der Waals surface area (Å²) >= 11 is 0. The normalized spacial score (nSPS) is 12.5. The van der Waals surface area contributed by atoms with Gasteiger partial charge < -0.3 is 15.7 Å². The summed E-state index contributed by atoms with van der Waals surface area (Å²) in [6.07, 6.45) is 0.745. The zero-order valence-electron chi connectivity index (χ0n) is 19.8. The van der Waals surface area contributed by atoms with E-state index in [-0.39, 0.29) is 30.4 Å². The highest BCUT2D eigenvalue weighted by Crippen LogP contribution is 2.31. The van der Waals surface area contributed by atoms with Gasteiger partial charge in [0.2, 0.25) is 5.95 Å². The van der Waals surface area contributed by atoms with Crippen LogP contribution >= 0.6 is 0 Å². The molecular weight excluding hydrogens is 404 g/mol. The lowest BCUT2D eigenvalue weighted by molar-refractivity contribution is 0.101. The van der Waals surface area contributed by atoms with E-state index < -0.39 is 0 Å². The molecule has 1 atom stereocenters. The Morgan fingerprint density at radius 1 is 1.16 bits per heavy atom. The van der Waals surface area contributed by atoms with Gasteiger partial charge in [0.1, 0.15) is 11.0 Å². The number of benzene rings is 1. The number of aliphatic hydroxyl groups is 1. The Labute approximate surface area is 189 Å². The fourth-order valence-electron chi connectivity index (χ4n) is 3.67. The summed E-state index contributed by atoms with van der Waals surface area (Å²) in [4.78, 5) is 21.6. The van der Waals surface area contributed by atoms with E-state index in [1.807, 2.05) is 35.9 Å². The van der Waals surface area contributed by atoms with Crippen LogP contribution in [0.4, 0.5) is 11.8 Å². The van der Waals surface area contributed by atoms with E-state index in [4.69, 9.17) is 15.1 Å². The Kier molecular flexibility index (Phi) is 7.45. The van der Waals surface area contributed by atoms with Gasteiger partial charge in [-0.05, 0) is 38.7 Å². The number of fused-ring (bicyclic) bond motifs is 1. The molecule has 3 rings (SSSR count). The summed E-state index contributed by atoms with van der Waals surface area (Å²) in [6, 6.07) is 7.56. The first-order valence-electron chi connectivity index (χ1n) is 11.3. The van der Waals surface area contributed by atoms with E-state index >= 15 is 0 Å². The minimum Gasteiger partial charge on any atom is -0.394 e. The number of carbonyl (C=O) groups is 1. The van der Waals surface area contributed by atoms with Crippen LogP contribution in [0.15, 0.2) is 24.3 Å². The Balaban J connectivity index is 2.12. The van der Waals surface area contributed by atoms with Crippen molar-refractivity contribution in [1.29, 1.82) is 0 Å². The highest BCUT2D eigenvalue weighted by atomic mass is 16.3. The van der Waals surface area contributed by atoms with Gasteiger partial charge in [-0.25, -0.2) is 4.98 Å². The zero-order chi connectivity index (χ0) is 23.4. The molecule has 0 radical (unpaired) electrons. The van der Waals surface area contributed by atoms with E-state index in [0.717, 1.165) is 28.7 Å². The maximum absolute atomic E-state index is 12.1. The molecule has 0 spiro atoms. The van der Waals surface area contributed by atoms with Crippen molar-refractivity contribution >= 4 is 28.6 Å². The molecule has 1 aromatic carbocycles. The molecular formula is C24H34N6O2. The van der Waals surface area contributed by atoms with Gasteiger partial charge in [0.05, 0.1) is 18.3 Å². The van der Waals surface area contributed by atoms with Crippen LogP contribution in [0.5, 0.6) is 0 Å². The number of ketones is 1. The molecule has 32 heavy (non-hydrogen) atoms. The summed E-state index contributed by atoms with van der Waals surface area (Å²) in [5, 5.41) is 21.2. The van der Waals surface area contributed by atoms with Crippen LogP contribution in [-0.2, 0) is 6.54 Å². The average Bonchev–Trinajstić information content (AvgIpc) is 3.16. The van der Waals surface area contributed by atoms with E-state index in [1.54, 1.807) is 6.92 Å². The molecule has 0 saturated heterocycles. The number of carbonyl (C=O) groups excluding carboxylic acids is 1. The van der Waals surface area contributed by atoms with Crippen LogP contribution in [0.2, 0.25) is 0 Å². The van der Waals surface area contributed by atoms with Crippen LogP contribution in [0.25, 0.3) is 11.0 Å². The van der Waals surface area contributed by atoms with Gasteiger partial charge in [-0.1, -0.05) is 45.0 Å². The minimum absolute atomic E-state index is 0.00502. The summed E-state index contributed by atoms with van der Waals surface area (Å²) in [6.45, 7) is 12.4. The maximum Gasteiger partial charge on any atom is 0.225 e. The molecule has 172 valence electrons. The number of hydrogen-bond acceptors (Lipinski definition) is 7. The third-order valence-electron chi connectivity index (χ3n) is 5.50. The fraction of sp³-hybridized carbons (Fsp3) is 0.500. The number of Topliss-reactive ketones (excluding diaryl/α,β-unsaturated/α-hetero) is 1. The summed E-state index contributed by atoms with van der Waals surface area (Å²) in [5.74, 6) is 1.31. The zero-order valence-corrected chi connectivity index (χ0v) is 19.8. The van der Waals surface area contributed by atoms with E-state index in [0.29, 0.717) is 23.9 Å². The van der Waals surface area contributed by atoms with E-state index in [9.17, 15) is 9.90 Å². The van der Waals surface area contributed by atoms with E-state index in [1.165, 1.54) is 0 Å². The van der Waals surface area contributed by atoms with Gasteiger partial charge in [-0.2, -0.15) is 10.1 Å². The number of aliphatic hydroxyl groups excluding tert-OH is 1. The van der Waals surface area contributed by atoms with Crippen LogP contribution in [0.3, 0.4) is 0 Å². The molecule has 1 unspecified atom stereocenters. The van der Waals surface area contributed by atoms with Crippen LogP contribution in [-0.4, -0.2) is 43.3 Å². The standard InChI is InChI=1S/C24H34N6O2/c1-7-18(13-31)26-24-27-21-20(14(2)3)29-30(15(4)5)22(21)23(28-24)25-12-17-10-8-9-11-19(17)16(6)32/h8-11,14-15,18,31H,7,12-13H2,1-6H3,(H2,25,26,27,28). The van der Waals surface area contributed by atoms with Gasteiger partial charge in [-0.3, -0.25) is 9.48 Å². The first-order valence-corrected chi connectivity index (χ1v) is 11.3. The molecule has 0 bridgehead atoms. The second-order valence-corrected chi connectivity index (χ2v) is 8.67. The van der Waals surface area contributed by atoms with Gasteiger partial charge in [0.15, 0.2) is 11.6 Å². The molecule has 0 aliphatic rings. The highest BCUT2D eigenvalue weighted by Gasteiger charge is 2.22. The van der Waals surface area contributed by atoms with Crippen LogP contribution < -0.4 is 10.6 Å². The molecule has 0 amide bonds. The molecule has 0 aliphatic heterocycles. The molecule has 8 nitrogen and oxygen atoms in total. The predicted octanol–water partition coefficient (Wildman–Crippen LogP) is 4.53. The van der Waals surface area contributed by atoms with Crippen molar-refractivity contribution in [1.82, 2.24) is 19.7 Å². The van der Waals surface area contributed by atoms with Crippen molar-refractivity contribution in [2.75, 3.05) is 17.2 Å². The lowest BCUT2D eigenvalue weighted by atomic mass is 10.0. The van der Waals surface area contributed by atoms with Crippen molar-refractivity contribution in [3.63, 3.8) is 0 Å². The predicted molar refractivity (Wildman–Crippen MR) is 128 cm³/mol. The average molecular weight is 439 g/mol. The van der Waals surface area contributed by atoms with Crippen molar-refractivity contribution in [3.8, 4) is 0 Å². The third kappa shape index (κ3) is 4.91. The molecule has 2 heterocycles. The second-order valence-electron chi connectivity index (χ2n) is 8.67. The second kappa shape index (κ2) is 10.1. The van der Waals surface area contributed by atoms with E-state index in [2.05, 4.69) is 38.3 Å². The molecule has 2 aromatic heterocycles. The number of nitrogens with zero attached hydrogens (tertiary/aromatic N) is 4. The Morgan fingerprint density at radius 2 is 1.88 bits per heavy atom. The summed E-state index contributed by atoms with van der Waals surface area (Å²) in [5.41, 5.74) is 4.13. The number of anilines is 2. The topological polar surface area (TPSA) is 105 Å². The molecule has 3 N–H and O–H groups in total. The number of nitrogens with one attached hydrogen (secondary N) is 2. The summed E-state index contributed by atoms with van der Waals surface area (Å²) < 4.78 is 1.96. The Morgan fingerprint density at radius 3 is 2.47 bits per heavy atom. The quantitative estimate of drug-likeness (QED) is 0.399. The Hall–Kier alpha value is -3.00. The van der Waals surface area contributed by atoms with Crippen molar-refractivity contribution in [3.05, 3.63) is 41.1 Å². The molecule has 0 fully saturated rings. The fourth-order valence-corrected chi connectivity index (χ4v) is 3.67. The molecule has 3 aromatic rings. The molecule has 8 heteroatoms. The largest absolute Gasteiger partial charge is 0.394 e. The monoisotopic (exact) mass is 438 g/mol. The molecule has 0 aliphatic carbocycles. The van der Waals surface area contributed by atoms with Crippen molar-refractivity contribution < 1.29 is 9.90 Å². The lowest BCUT2D eigenvalue weighted by Crippen LogP contribution is -2.24. The third-order valence-corrected chi connectivity index (χ3v) is 5.50. The Bertz CT molecular complexity index is 1090. The first kappa shape index (κ1) is 23.7. The van der Waals surface area contributed by atoms with Gasteiger partial charge >= 0.3 is 0 Å². The first-order chi connectivity index (χ1) is 15.3. The van der Waals surface area contributed by atoms with Crippen molar-refractivity contribution in [2.45, 2.75) is 72.5 Å². The minimum atomic E-state index is -0.138. The van der Waals surface area contributed by atoms with Crippen molar-refractivity contribution in [2.24, 2.45) is 0 Å². The van der Waals surface area contributed by atoms with Gasteiger partial charge in [-0.15, -0.1) is 0 Å². The highest BCUT2D eigenvalue weighted by molar-refractivity contribution is 5.95. The lowest BCUT2D eigenvalue weighted by Gasteiger charge is -2.17. The smallest absolute Gasteiger partial charge is 0.225 e.